The fraction of sp³-hybridized carbons (Fsp3) is 0.588. The Morgan fingerprint density at radius 3 is 2.78 bits per heavy atom. The molecule has 0 spiro atoms. The molecular formula is C17H27BrClN3O. The molecule has 1 amide bonds. The van der Waals surface area contributed by atoms with E-state index < -0.39 is 0 Å². The Morgan fingerprint density at radius 2 is 2.13 bits per heavy atom. The number of likely N-dealkylation sites (tertiary alicyclic amines) is 1. The minimum atomic E-state index is 0. The van der Waals surface area contributed by atoms with Crippen molar-refractivity contribution < 1.29 is 4.79 Å². The van der Waals surface area contributed by atoms with Gasteiger partial charge >= 0.3 is 0 Å². The predicted molar refractivity (Wildman–Crippen MR) is 101 cm³/mol. The Morgan fingerprint density at radius 1 is 1.43 bits per heavy atom. The molecule has 0 saturated carbocycles. The van der Waals surface area contributed by atoms with Gasteiger partial charge in [-0.3, -0.25) is 9.69 Å². The normalized spacial score (nSPS) is 21.6. The second-order valence-corrected chi connectivity index (χ2v) is 7.09. The predicted octanol–water partition coefficient (Wildman–Crippen LogP) is 2.89. The van der Waals surface area contributed by atoms with E-state index in [0.717, 1.165) is 23.0 Å². The zero-order chi connectivity index (χ0) is 16.1. The minimum absolute atomic E-state index is 0. The third-order valence-corrected chi connectivity index (χ3v) is 5.38. The Balaban J connectivity index is 0.00000264. The lowest BCUT2D eigenvalue weighted by atomic mass is 9.91. The summed E-state index contributed by atoms with van der Waals surface area (Å²) in [4.78, 5) is 16.6. The zero-order valence-electron chi connectivity index (χ0n) is 13.9. The van der Waals surface area contributed by atoms with Crippen molar-refractivity contribution >= 4 is 34.2 Å². The molecular weight excluding hydrogens is 378 g/mol. The van der Waals surface area contributed by atoms with E-state index >= 15 is 0 Å². The summed E-state index contributed by atoms with van der Waals surface area (Å²) in [5.41, 5.74) is 7.03. The van der Waals surface area contributed by atoms with Crippen LogP contribution in [0.5, 0.6) is 0 Å². The lowest BCUT2D eigenvalue weighted by Crippen LogP contribution is -2.52. The Kier molecular flexibility index (Phi) is 8.54. The van der Waals surface area contributed by atoms with Crippen molar-refractivity contribution in [1.29, 1.82) is 0 Å². The smallest absolute Gasteiger partial charge is 0.236 e. The summed E-state index contributed by atoms with van der Waals surface area (Å²) in [7, 11) is 1.87. The summed E-state index contributed by atoms with van der Waals surface area (Å²) in [5, 5.41) is 0. The van der Waals surface area contributed by atoms with Gasteiger partial charge in [0.25, 0.3) is 0 Å². The summed E-state index contributed by atoms with van der Waals surface area (Å²) in [6.45, 7) is 4.92. The molecule has 1 aliphatic heterocycles. The molecule has 0 bridgehead atoms. The molecule has 0 aromatic heterocycles. The number of benzene rings is 1. The molecule has 1 aromatic carbocycles. The van der Waals surface area contributed by atoms with E-state index in [1.807, 2.05) is 31.3 Å². The number of amides is 1. The van der Waals surface area contributed by atoms with Gasteiger partial charge in [0.05, 0.1) is 6.54 Å². The molecule has 1 heterocycles. The van der Waals surface area contributed by atoms with Crippen molar-refractivity contribution in [3.8, 4) is 0 Å². The number of halogens is 2. The van der Waals surface area contributed by atoms with E-state index in [1.54, 1.807) is 4.90 Å². The Labute approximate surface area is 153 Å². The Hall–Kier alpha value is -0.620. The number of hydrogen-bond acceptors (Lipinski definition) is 3. The van der Waals surface area contributed by atoms with Crippen LogP contribution in [-0.2, 0) is 11.3 Å². The number of likely N-dealkylation sites (N-methyl/N-ethyl adjacent to an activating group) is 1. The van der Waals surface area contributed by atoms with Crippen molar-refractivity contribution in [3.05, 3.63) is 34.3 Å². The lowest BCUT2D eigenvalue weighted by molar-refractivity contribution is -0.132. The van der Waals surface area contributed by atoms with Crippen LogP contribution >= 0.6 is 28.3 Å². The molecule has 23 heavy (non-hydrogen) atoms. The number of hydrogen-bond donors (Lipinski definition) is 1. The molecule has 1 fully saturated rings. The van der Waals surface area contributed by atoms with E-state index in [4.69, 9.17) is 5.73 Å². The molecule has 1 saturated heterocycles. The number of carbonyl (C=O) groups excluding carboxylic acids is 1. The number of carbonyl (C=O) groups is 1. The van der Waals surface area contributed by atoms with Gasteiger partial charge in [-0.2, -0.15) is 0 Å². The monoisotopic (exact) mass is 403 g/mol. The largest absolute Gasteiger partial charge is 0.340 e. The van der Waals surface area contributed by atoms with Crippen molar-refractivity contribution in [2.24, 2.45) is 11.7 Å². The fourth-order valence-corrected chi connectivity index (χ4v) is 3.59. The van der Waals surface area contributed by atoms with E-state index in [-0.39, 0.29) is 18.3 Å². The maximum atomic E-state index is 12.5. The molecule has 2 N–H and O–H groups in total. The van der Waals surface area contributed by atoms with Crippen LogP contribution in [0.2, 0.25) is 0 Å². The minimum Gasteiger partial charge on any atom is -0.340 e. The van der Waals surface area contributed by atoms with Gasteiger partial charge in [0.2, 0.25) is 5.91 Å². The first-order chi connectivity index (χ1) is 10.5. The summed E-state index contributed by atoms with van der Waals surface area (Å²) in [6, 6.07) is 8.35. The molecule has 6 heteroatoms. The van der Waals surface area contributed by atoms with E-state index in [9.17, 15) is 4.79 Å². The maximum Gasteiger partial charge on any atom is 0.236 e. The molecule has 0 radical (unpaired) electrons. The highest BCUT2D eigenvalue weighted by molar-refractivity contribution is 9.10. The van der Waals surface area contributed by atoms with E-state index in [0.29, 0.717) is 31.6 Å². The van der Waals surface area contributed by atoms with Crippen molar-refractivity contribution in [2.45, 2.75) is 32.4 Å². The first-order valence-corrected chi connectivity index (χ1v) is 8.73. The molecule has 1 aromatic rings. The maximum absolute atomic E-state index is 12.5. The molecule has 2 rings (SSSR count). The van der Waals surface area contributed by atoms with Crippen LogP contribution in [-0.4, -0.2) is 48.4 Å². The van der Waals surface area contributed by atoms with Gasteiger partial charge in [-0.15, -0.1) is 12.4 Å². The Bertz CT molecular complexity index is 514. The number of nitrogens with zero attached hydrogens (tertiary/aromatic N) is 2. The first-order valence-electron chi connectivity index (χ1n) is 7.94. The van der Waals surface area contributed by atoms with E-state index in [2.05, 4.69) is 27.8 Å². The number of rotatable bonds is 5. The van der Waals surface area contributed by atoms with Gasteiger partial charge in [-0.25, -0.2) is 0 Å². The molecule has 4 nitrogen and oxygen atoms in total. The molecule has 2 unspecified atom stereocenters. The number of nitrogens with two attached hydrogens (primary N) is 1. The second kappa shape index (κ2) is 9.62. The van der Waals surface area contributed by atoms with Crippen molar-refractivity contribution in [2.75, 3.05) is 26.7 Å². The second-order valence-electron chi connectivity index (χ2n) is 6.23. The summed E-state index contributed by atoms with van der Waals surface area (Å²) in [5.74, 6) is 0.725. The molecule has 1 aliphatic rings. The van der Waals surface area contributed by atoms with Crippen LogP contribution in [0.25, 0.3) is 0 Å². The van der Waals surface area contributed by atoms with Crippen LogP contribution in [0.1, 0.15) is 25.3 Å². The van der Waals surface area contributed by atoms with Gasteiger partial charge in [-0.05, 0) is 36.9 Å². The molecule has 130 valence electrons. The first kappa shape index (κ1) is 20.4. The zero-order valence-corrected chi connectivity index (χ0v) is 16.3. The average molecular weight is 405 g/mol. The fourth-order valence-electron chi connectivity index (χ4n) is 3.18. The third-order valence-electron chi connectivity index (χ3n) is 4.60. The highest BCUT2D eigenvalue weighted by Gasteiger charge is 2.29. The van der Waals surface area contributed by atoms with Gasteiger partial charge in [0.15, 0.2) is 0 Å². The van der Waals surface area contributed by atoms with Crippen LogP contribution in [0.3, 0.4) is 0 Å². The summed E-state index contributed by atoms with van der Waals surface area (Å²) < 4.78 is 1.04. The van der Waals surface area contributed by atoms with Crippen LogP contribution in [0, 0.1) is 5.92 Å². The lowest BCUT2D eigenvalue weighted by Gasteiger charge is -2.39. The van der Waals surface area contributed by atoms with Crippen LogP contribution < -0.4 is 5.73 Å². The van der Waals surface area contributed by atoms with E-state index in [1.165, 1.54) is 6.42 Å². The quantitative estimate of drug-likeness (QED) is 0.821. The average Bonchev–Trinajstić information content (AvgIpc) is 2.49. The van der Waals surface area contributed by atoms with Crippen LogP contribution in [0.4, 0.5) is 0 Å². The van der Waals surface area contributed by atoms with Gasteiger partial charge in [0.1, 0.15) is 0 Å². The molecule has 0 aliphatic carbocycles. The van der Waals surface area contributed by atoms with Gasteiger partial charge in [-0.1, -0.05) is 41.1 Å². The van der Waals surface area contributed by atoms with Crippen LogP contribution in [0.15, 0.2) is 28.7 Å². The summed E-state index contributed by atoms with van der Waals surface area (Å²) in [6.07, 6.45) is 2.36. The third kappa shape index (κ3) is 5.45. The summed E-state index contributed by atoms with van der Waals surface area (Å²) >= 11 is 3.54. The topological polar surface area (TPSA) is 49.6 Å². The van der Waals surface area contributed by atoms with Gasteiger partial charge in [0, 0.05) is 30.7 Å². The number of piperidine rings is 1. The van der Waals surface area contributed by atoms with Crippen molar-refractivity contribution in [1.82, 2.24) is 9.80 Å². The SMILES string of the molecule is CC1CCCN(CC(=O)N(C)Cc2ccccc2Br)C1CN.Cl. The molecule has 2 atom stereocenters. The van der Waals surface area contributed by atoms with Gasteiger partial charge < -0.3 is 10.6 Å². The van der Waals surface area contributed by atoms with Crippen molar-refractivity contribution in [3.63, 3.8) is 0 Å². The highest BCUT2D eigenvalue weighted by atomic mass is 79.9. The highest BCUT2D eigenvalue weighted by Crippen LogP contribution is 2.23. The standard InChI is InChI=1S/C17H26BrN3O.ClH/c1-13-6-5-9-21(16(13)10-19)12-17(22)20(2)11-14-7-3-4-8-15(14)18;/h3-4,7-8,13,16H,5-6,9-12,19H2,1-2H3;1H.